The van der Waals surface area contributed by atoms with Crippen molar-refractivity contribution >= 4 is 33.9 Å². The molecule has 1 fully saturated rings. The van der Waals surface area contributed by atoms with Gasteiger partial charge in [0.2, 0.25) is 0 Å². The van der Waals surface area contributed by atoms with E-state index in [-0.39, 0.29) is 0 Å². The highest BCUT2D eigenvalue weighted by Gasteiger charge is 2.13. The lowest BCUT2D eigenvalue weighted by molar-refractivity contribution is 0.0699. The van der Waals surface area contributed by atoms with Gasteiger partial charge in [0.05, 0.1) is 15.7 Å². The van der Waals surface area contributed by atoms with Crippen LogP contribution in [0.1, 0.15) is 17.8 Å². The first-order valence-corrected chi connectivity index (χ1v) is 6.65. The molecule has 0 saturated carbocycles. The SMILES string of the molecule is Ic1cnc(CN[C@H]2CCCOC2)s1. The third kappa shape index (κ3) is 3.15. The summed E-state index contributed by atoms with van der Waals surface area (Å²) in [7, 11) is 0. The standard InChI is InChI=1S/C9H13IN2OS/c10-8-4-12-9(14-8)5-11-7-2-1-3-13-6-7/h4,7,11H,1-3,5-6H2/t7-/m0/s1. The van der Waals surface area contributed by atoms with E-state index in [4.69, 9.17) is 4.74 Å². The monoisotopic (exact) mass is 324 g/mol. The smallest absolute Gasteiger partial charge is 0.107 e. The highest BCUT2D eigenvalue weighted by molar-refractivity contribution is 14.1. The third-order valence-corrected chi connectivity index (χ3v) is 3.95. The van der Waals surface area contributed by atoms with Crippen LogP contribution in [0.2, 0.25) is 0 Å². The molecule has 2 rings (SSSR count). The summed E-state index contributed by atoms with van der Waals surface area (Å²) in [6, 6.07) is 0.519. The van der Waals surface area contributed by atoms with Crippen molar-refractivity contribution in [1.29, 1.82) is 0 Å². The maximum atomic E-state index is 5.39. The van der Waals surface area contributed by atoms with Crippen molar-refractivity contribution in [3.8, 4) is 0 Å². The minimum atomic E-state index is 0.519. The zero-order valence-electron chi connectivity index (χ0n) is 7.83. The molecule has 78 valence electrons. The summed E-state index contributed by atoms with van der Waals surface area (Å²) in [5.74, 6) is 0. The second-order valence-electron chi connectivity index (χ2n) is 3.35. The number of nitrogens with one attached hydrogen (secondary N) is 1. The number of halogens is 1. The van der Waals surface area contributed by atoms with Crippen LogP contribution in [0, 0.1) is 2.88 Å². The van der Waals surface area contributed by atoms with Crippen molar-refractivity contribution in [2.24, 2.45) is 0 Å². The van der Waals surface area contributed by atoms with E-state index in [2.05, 4.69) is 32.9 Å². The highest BCUT2D eigenvalue weighted by atomic mass is 127. The van der Waals surface area contributed by atoms with Gasteiger partial charge in [-0.3, -0.25) is 0 Å². The van der Waals surface area contributed by atoms with Crippen molar-refractivity contribution in [2.75, 3.05) is 13.2 Å². The van der Waals surface area contributed by atoms with Gasteiger partial charge in [-0.15, -0.1) is 11.3 Å². The lowest BCUT2D eigenvalue weighted by Crippen LogP contribution is -2.36. The Kier molecular flexibility index (Phi) is 4.15. The molecule has 1 saturated heterocycles. The largest absolute Gasteiger partial charge is 0.380 e. The quantitative estimate of drug-likeness (QED) is 0.864. The maximum Gasteiger partial charge on any atom is 0.107 e. The molecule has 5 heteroatoms. The van der Waals surface area contributed by atoms with Gasteiger partial charge in [0.1, 0.15) is 5.01 Å². The second kappa shape index (κ2) is 5.39. The van der Waals surface area contributed by atoms with Crippen LogP contribution in [0.5, 0.6) is 0 Å². The van der Waals surface area contributed by atoms with Crippen LogP contribution in [-0.2, 0) is 11.3 Å². The summed E-state index contributed by atoms with van der Waals surface area (Å²) in [5, 5.41) is 4.64. The van der Waals surface area contributed by atoms with Gasteiger partial charge in [-0.05, 0) is 35.4 Å². The number of thiazole rings is 1. The minimum Gasteiger partial charge on any atom is -0.380 e. The molecule has 1 aliphatic rings. The summed E-state index contributed by atoms with van der Waals surface area (Å²) in [6.07, 6.45) is 4.31. The molecular weight excluding hydrogens is 311 g/mol. The molecule has 0 aromatic carbocycles. The first-order chi connectivity index (χ1) is 6.84. The van der Waals surface area contributed by atoms with E-state index in [1.807, 2.05) is 6.20 Å². The van der Waals surface area contributed by atoms with E-state index in [1.165, 1.54) is 20.7 Å². The molecule has 0 amide bonds. The summed E-state index contributed by atoms with van der Waals surface area (Å²) in [4.78, 5) is 4.31. The number of aromatic nitrogens is 1. The Hall–Kier alpha value is 0.280. The molecular formula is C9H13IN2OS. The number of hydrogen-bond acceptors (Lipinski definition) is 4. The summed E-state index contributed by atoms with van der Waals surface area (Å²) >= 11 is 4.05. The van der Waals surface area contributed by atoms with E-state index in [0.717, 1.165) is 19.8 Å². The van der Waals surface area contributed by atoms with Crippen LogP contribution >= 0.6 is 33.9 Å². The summed E-state index contributed by atoms with van der Waals surface area (Å²) < 4.78 is 6.64. The van der Waals surface area contributed by atoms with Crippen LogP contribution in [0.4, 0.5) is 0 Å². The van der Waals surface area contributed by atoms with Gasteiger partial charge in [-0.25, -0.2) is 4.98 Å². The molecule has 2 heterocycles. The molecule has 0 unspecified atom stereocenters. The molecule has 0 aliphatic carbocycles. The second-order valence-corrected chi connectivity index (χ2v) is 6.36. The number of hydrogen-bond donors (Lipinski definition) is 1. The van der Waals surface area contributed by atoms with Gasteiger partial charge >= 0.3 is 0 Å². The first kappa shape index (κ1) is 10.8. The van der Waals surface area contributed by atoms with E-state index in [0.29, 0.717) is 6.04 Å². The van der Waals surface area contributed by atoms with Crippen molar-refractivity contribution < 1.29 is 4.74 Å². The van der Waals surface area contributed by atoms with Crippen molar-refractivity contribution in [1.82, 2.24) is 10.3 Å². The normalized spacial score (nSPS) is 22.5. The molecule has 1 aliphatic heterocycles. The van der Waals surface area contributed by atoms with Gasteiger partial charge < -0.3 is 10.1 Å². The van der Waals surface area contributed by atoms with Gasteiger partial charge in [-0.2, -0.15) is 0 Å². The Labute approximate surface area is 101 Å². The van der Waals surface area contributed by atoms with Gasteiger partial charge in [0, 0.05) is 19.2 Å². The topological polar surface area (TPSA) is 34.2 Å². The van der Waals surface area contributed by atoms with Crippen molar-refractivity contribution in [3.63, 3.8) is 0 Å². The molecule has 1 aromatic rings. The predicted octanol–water partition coefficient (Wildman–Crippen LogP) is 2.02. The van der Waals surface area contributed by atoms with Gasteiger partial charge in [-0.1, -0.05) is 0 Å². The molecule has 1 N–H and O–H groups in total. The highest BCUT2D eigenvalue weighted by Crippen LogP contribution is 2.15. The van der Waals surface area contributed by atoms with Crippen molar-refractivity contribution in [2.45, 2.75) is 25.4 Å². The number of nitrogens with zero attached hydrogens (tertiary/aromatic N) is 1. The summed E-state index contributed by atoms with van der Waals surface area (Å²) in [6.45, 7) is 2.65. The fraction of sp³-hybridized carbons (Fsp3) is 0.667. The Balaban J connectivity index is 1.76. The number of rotatable bonds is 3. The Morgan fingerprint density at radius 2 is 2.64 bits per heavy atom. The Morgan fingerprint density at radius 1 is 1.71 bits per heavy atom. The van der Waals surface area contributed by atoms with E-state index in [9.17, 15) is 0 Å². The Bertz CT molecular complexity index is 286. The lowest BCUT2D eigenvalue weighted by atomic mass is 10.1. The van der Waals surface area contributed by atoms with Gasteiger partial charge in [0.25, 0.3) is 0 Å². The Morgan fingerprint density at radius 3 is 3.29 bits per heavy atom. The van der Waals surface area contributed by atoms with Crippen LogP contribution in [0.15, 0.2) is 6.20 Å². The maximum absolute atomic E-state index is 5.39. The fourth-order valence-corrected chi connectivity index (χ4v) is 3.00. The third-order valence-electron chi connectivity index (χ3n) is 2.23. The molecule has 14 heavy (non-hydrogen) atoms. The van der Waals surface area contributed by atoms with E-state index in [1.54, 1.807) is 11.3 Å². The van der Waals surface area contributed by atoms with Crippen LogP contribution in [0.25, 0.3) is 0 Å². The van der Waals surface area contributed by atoms with E-state index >= 15 is 0 Å². The zero-order chi connectivity index (χ0) is 9.80. The number of ether oxygens (including phenoxy) is 1. The first-order valence-electron chi connectivity index (χ1n) is 4.76. The average molecular weight is 324 g/mol. The lowest BCUT2D eigenvalue weighted by Gasteiger charge is -2.22. The molecule has 1 aromatic heterocycles. The molecule has 1 atom stereocenters. The molecule has 0 radical (unpaired) electrons. The molecule has 3 nitrogen and oxygen atoms in total. The molecule has 0 spiro atoms. The average Bonchev–Trinajstić information content (AvgIpc) is 2.63. The minimum absolute atomic E-state index is 0.519. The predicted molar refractivity (Wildman–Crippen MR) is 65.5 cm³/mol. The fourth-order valence-electron chi connectivity index (χ4n) is 1.50. The van der Waals surface area contributed by atoms with E-state index < -0.39 is 0 Å². The van der Waals surface area contributed by atoms with Gasteiger partial charge in [0.15, 0.2) is 0 Å². The van der Waals surface area contributed by atoms with Crippen molar-refractivity contribution in [3.05, 3.63) is 14.1 Å². The van der Waals surface area contributed by atoms with Crippen LogP contribution < -0.4 is 5.32 Å². The summed E-state index contributed by atoms with van der Waals surface area (Å²) in [5.41, 5.74) is 0. The van der Waals surface area contributed by atoms with Crippen LogP contribution in [0.3, 0.4) is 0 Å². The van der Waals surface area contributed by atoms with Crippen LogP contribution in [-0.4, -0.2) is 24.2 Å². The molecule has 0 bridgehead atoms. The zero-order valence-corrected chi connectivity index (χ0v) is 10.8.